The van der Waals surface area contributed by atoms with E-state index in [9.17, 15) is 4.79 Å². The van der Waals surface area contributed by atoms with Crippen LogP contribution < -0.4 is 19.8 Å². The predicted molar refractivity (Wildman–Crippen MR) is 114 cm³/mol. The van der Waals surface area contributed by atoms with Crippen LogP contribution in [0.2, 0.25) is 0 Å². The van der Waals surface area contributed by atoms with E-state index in [0.717, 1.165) is 65.3 Å². The van der Waals surface area contributed by atoms with Crippen LogP contribution >= 0.6 is 0 Å². The molecule has 0 spiro atoms. The van der Waals surface area contributed by atoms with E-state index < -0.39 is 0 Å². The molecular formula is C23H26N2O3. The van der Waals surface area contributed by atoms with E-state index in [0.29, 0.717) is 0 Å². The molecule has 0 N–H and O–H groups in total. The standard InChI is InChI=1S/C23H26N2O3/c1-24-19(16-8-7-9-17(12-16)27-2)15-22(26)23-20(24)13-18(28-3)14-21(23)25-10-5-4-6-11-25/h7-9,12-15H,4-6,10-11H2,1-3H3. The molecule has 2 aromatic carbocycles. The Morgan fingerprint density at radius 3 is 2.36 bits per heavy atom. The van der Waals surface area contributed by atoms with E-state index in [4.69, 9.17) is 9.47 Å². The zero-order valence-corrected chi connectivity index (χ0v) is 16.7. The van der Waals surface area contributed by atoms with E-state index in [1.165, 1.54) is 6.42 Å². The molecule has 146 valence electrons. The summed E-state index contributed by atoms with van der Waals surface area (Å²) in [6, 6.07) is 13.5. The number of methoxy groups -OCH3 is 2. The normalized spacial score (nSPS) is 14.3. The highest BCUT2D eigenvalue weighted by atomic mass is 16.5. The van der Waals surface area contributed by atoms with Gasteiger partial charge in [-0.15, -0.1) is 0 Å². The summed E-state index contributed by atoms with van der Waals surface area (Å²) >= 11 is 0. The molecule has 1 saturated heterocycles. The van der Waals surface area contributed by atoms with E-state index in [-0.39, 0.29) is 5.43 Å². The smallest absolute Gasteiger partial charge is 0.192 e. The number of hydrogen-bond acceptors (Lipinski definition) is 4. The van der Waals surface area contributed by atoms with Crippen molar-refractivity contribution in [1.82, 2.24) is 4.57 Å². The van der Waals surface area contributed by atoms with Gasteiger partial charge in [0.15, 0.2) is 5.43 Å². The second kappa shape index (κ2) is 7.58. The Kier molecular flexibility index (Phi) is 4.99. The number of aryl methyl sites for hydroxylation is 1. The molecule has 1 aromatic heterocycles. The summed E-state index contributed by atoms with van der Waals surface area (Å²) in [7, 11) is 5.31. The van der Waals surface area contributed by atoms with Crippen molar-refractivity contribution in [3.8, 4) is 22.8 Å². The third kappa shape index (κ3) is 3.21. The first-order valence-corrected chi connectivity index (χ1v) is 9.73. The molecule has 5 heteroatoms. The van der Waals surface area contributed by atoms with Gasteiger partial charge in [-0.3, -0.25) is 4.79 Å². The number of aromatic nitrogens is 1. The number of anilines is 1. The van der Waals surface area contributed by atoms with Gasteiger partial charge in [0.1, 0.15) is 11.5 Å². The molecule has 0 atom stereocenters. The Morgan fingerprint density at radius 1 is 0.893 bits per heavy atom. The quantitative estimate of drug-likeness (QED) is 0.682. The maximum absolute atomic E-state index is 13.2. The SMILES string of the molecule is COc1cccc(-c2cc(=O)c3c(N4CCCCC4)cc(OC)cc3n2C)c1. The molecule has 5 nitrogen and oxygen atoms in total. The Labute approximate surface area is 165 Å². The van der Waals surface area contributed by atoms with Gasteiger partial charge in [0.25, 0.3) is 0 Å². The van der Waals surface area contributed by atoms with Crippen LogP contribution in [0.25, 0.3) is 22.2 Å². The Balaban J connectivity index is 1.97. The Hall–Kier alpha value is -2.95. The summed E-state index contributed by atoms with van der Waals surface area (Å²) < 4.78 is 13.0. The van der Waals surface area contributed by atoms with E-state index in [1.807, 2.05) is 43.4 Å². The fraction of sp³-hybridized carbons (Fsp3) is 0.348. The molecule has 0 unspecified atom stereocenters. The van der Waals surface area contributed by atoms with Gasteiger partial charge in [-0.1, -0.05) is 12.1 Å². The Bertz CT molecular complexity index is 1070. The van der Waals surface area contributed by atoms with Gasteiger partial charge in [0.05, 0.1) is 36.5 Å². The van der Waals surface area contributed by atoms with Crippen LogP contribution in [-0.2, 0) is 7.05 Å². The number of piperidine rings is 1. The highest BCUT2D eigenvalue weighted by Crippen LogP contribution is 2.34. The van der Waals surface area contributed by atoms with Gasteiger partial charge in [0.2, 0.25) is 0 Å². The molecule has 0 bridgehead atoms. The molecule has 1 aliphatic rings. The average molecular weight is 378 g/mol. The Morgan fingerprint density at radius 2 is 1.64 bits per heavy atom. The zero-order valence-electron chi connectivity index (χ0n) is 16.7. The maximum atomic E-state index is 13.2. The van der Waals surface area contributed by atoms with Crippen molar-refractivity contribution >= 4 is 16.6 Å². The summed E-state index contributed by atoms with van der Waals surface area (Å²) in [6.45, 7) is 1.95. The molecule has 0 radical (unpaired) electrons. The topological polar surface area (TPSA) is 43.7 Å². The van der Waals surface area contributed by atoms with E-state index in [1.54, 1.807) is 20.3 Å². The van der Waals surface area contributed by atoms with Crippen molar-refractivity contribution in [1.29, 1.82) is 0 Å². The molecule has 2 heterocycles. The summed E-state index contributed by atoms with van der Waals surface area (Å²) in [5.41, 5.74) is 3.70. The fourth-order valence-electron chi connectivity index (χ4n) is 4.09. The van der Waals surface area contributed by atoms with Crippen LogP contribution in [0.4, 0.5) is 5.69 Å². The van der Waals surface area contributed by atoms with Crippen LogP contribution in [0.3, 0.4) is 0 Å². The zero-order chi connectivity index (χ0) is 19.7. The molecule has 28 heavy (non-hydrogen) atoms. The largest absolute Gasteiger partial charge is 0.497 e. The van der Waals surface area contributed by atoms with Crippen molar-refractivity contribution in [2.45, 2.75) is 19.3 Å². The lowest BCUT2D eigenvalue weighted by atomic mass is 10.0. The van der Waals surface area contributed by atoms with Crippen molar-refractivity contribution in [2.75, 3.05) is 32.2 Å². The number of benzene rings is 2. The summed E-state index contributed by atoms with van der Waals surface area (Å²) in [5, 5.41) is 0.761. The molecule has 4 rings (SSSR count). The minimum Gasteiger partial charge on any atom is -0.497 e. The average Bonchev–Trinajstić information content (AvgIpc) is 2.76. The van der Waals surface area contributed by atoms with Crippen molar-refractivity contribution in [3.63, 3.8) is 0 Å². The van der Waals surface area contributed by atoms with Gasteiger partial charge in [-0.25, -0.2) is 0 Å². The summed E-state index contributed by atoms with van der Waals surface area (Å²) in [5.74, 6) is 1.54. The number of ether oxygens (including phenoxy) is 2. The minimum atomic E-state index is 0.0362. The third-order valence-electron chi connectivity index (χ3n) is 5.61. The van der Waals surface area contributed by atoms with Crippen molar-refractivity contribution in [2.24, 2.45) is 7.05 Å². The number of nitrogens with zero attached hydrogens (tertiary/aromatic N) is 2. The maximum Gasteiger partial charge on any atom is 0.192 e. The van der Waals surface area contributed by atoms with Crippen LogP contribution in [0.15, 0.2) is 47.3 Å². The molecule has 0 amide bonds. The van der Waals surface area contributed by atoms with Gasteiger partial charge in [-0.05, 0) is 31.4 Å². The lowest BCUT2D eigenvalue weighted by Gasteiger charge is -2.30. The molecule has 3 aromatic rings. The fourth-order valence-corrected chi connectivity index (χ4v) is 4.09. The summed E-state index contributed by atoms with van der Waals surface area (Å²) in [6.07, 6.45) is 3.55. The van der Waals surface area contributed by atoms with Crippen LogP contribution in [0.1, 0.15) is 19.3 Å². The predicted octanol–water partition coefficient (Wildman–Crippen LogP) is 4.21. The second-order valence-corrected chi connectivity index (χ2v) is 7.27. The first-order valence-electron chi connectivity index (χ1n) is 9.73. The molecule has 0 saturated carbocycles. The van der Waals surface area contributed by atoms with Crippen molar-refractivity contribution in [3.05, 3.63) is 52.7 Å². The first kappa shape index (κ1) is 18.4. The lowest BCUT2D eigenvalue weighted by Crippen LogP contribution is -2.30. The summed E-state index contributed by atoms with van der Waals surface area (Å²) in [4.78, 5) is 15.6. The molecule has 1 aliphatic heterocycles. The van der Waals surface area contributed by atoms with Crippen LogP contribution in [0.5, 0.6) is 11.5 Å². The van der Waals surface area contributed by atoms with E-state index in [2.05, 4.69) is 9.47 Å². The number of pyridine rings is 1. The van der Waals surface area contributed by atoms with Crippen LogP contribution in [-0.4, -0.2) is 31.9 Å². The van der Waals surface area contributed by atoms with Gasteiger partial charge in [0, 0.05) is 43.9 Å². The number of rotatable bonds is 4. The van der Waals surface area contributed by atoms with E-state index >= 15 is 0 Å². The van der Waals surface area contributed by atoms with Crippen molar-refractivity contribution < 1.29 is 9.47 Å². The van der Waals surface area contributed by atoms with Gasteiger partial charge < -0.3 is 18.9 Å². The molecular weight excluding hydrogens is 352 g/mol. The monoisotopic (exact) mass is 378 g/mol. The first-order chi connectivity index (χ1) is 13.6. The molecule has 1 fully saturated rings. The molecule has 0 aliphatic carbocycles. The highest BCUT2D eigenvalue weighted by molar-refractivity contribution is 5.95. The second-order valence-electron chi connectivity index (χ2n) is 7.27. The lowest BCUT2D eigenvalue weighted by molar-refractivity contribution is 0.414. The van der Waals surface area contributed by atoms with Gasteiger partial charge >= 0.3 is 0 Å². The number of fused-ring (bicyclic) bond motifs is 1. The minimum absolute atomic E-state index is 0.0362. The van der Waals surface area contributed by atoms with Gasteiger partial charge in [-0.2, -0.15) is 0 Å². The highest BCUT2D eigenvalue weighted by Gasteiger charge is 2.19. The van der Waals surface area contributed by atoms with Crippen LogP contribution in [0, 0.1) is 0 Å². The third-order valence-corrected chi connectivity index (χ3v) is 5.61. The number of hydrogen-bond donors (Lipinski definition) is 0.